The minimum atomic E-state index is -0.310. The Bertz CT molecular complexity index is 613. The molecule has 0 saturated carbocycles. The molecule has 21 heavy (non-hydrogen) atoms. The number of hydrogen-bond acceptors (Lipinski definition) is 2. The number of rotatable bonds is 2. The monoisotopic (exact) mass is 432 g/mol. The minimum absolute atomic E-state index is 0. The topological polar surface area (TPSA) is 26.3 Å². The molecule has 2 nitrogen and oxygen atoms in total. The van der Waals surface area contributed by atoms with E-state index in [0.29, 0.717) is 11.3 Å². The number of hydrogen-bond donors (Lipinski definition) is 0. The van der Waals surface area contributed by atoms with Crippen molar-refractivity contribution in [1.82, 2.24) is 0 Å². The summed E-state index contributed by atoms with van der Waals surface area (Å²) < 4.78 is 6.11. The van der Waals surface area contributed by atoms with E-state index in [0.717, 1.165) is 3.57 Å². The molecule has 0 atom stereocenters. The zero-order valence-electron chi connectivity index (χ0n) is 11.1. The molecule has 3 rings (SSSR count). The Morgan fingerprint density at radius 1 is 0.952 bits per heavy atom. The fourth-order valence-corrected chi connectivity index (χ4v) is 2.14. The van der Waals surface area contributed by atoms with Crippen molar-refractivity contribution in [1.29, 1.82) is 0 Å². The van der Waals surface area contributed by atoms with Crippen LogP contribution in [0.4, 0.5) is 0 Å². The number of benzene rings is 1. The van der Waals surface area contributed by atoms with Gasteiger partial charge in [-0.2, -0.15) is 12.1 Å². The first-order chi connectivity index (χ1) is 9.77. The van der Waals surface area contributed by atoms with Gasteiger partial charge in [0.05, 0.1) is 0 Å². The van der Waals surface area contributed by atoms with Crippen LogP contribution in [-0.2, 0) is 17.1 Å². The third-order valence-electron chi connectivity index (χ3n) is 2.49. The second kappa shape index (κ2) is 9.55. The summed E-state index contributed by atoms with van der Waals surface area (Å²) in [6.45, 7) is 0. The van der Waals surface area contributed by atoms with Crippen LogP contribution in [0.3, 0.4) is 0 Å². The Labute approximate surface area is 148 Å². The maximum Gasteiger partial charge on any atom is 0.287 e. The molecule has 0 amide bonds. The molecular weight excluding hydrogens is 419 g/mol. The quantitative estimate of drug-likeness (QED) is 0.194. The number of halogens is 1. The van der Waals surface area contributed by atoms with Crippen LogP contribution >= 0.6 is 22.6 Å². The van der Waals surface area contributed by atoms with Crippen LogP contribution in [-0.4, -0.2) is 5.97 Å². The van der Waals surface area contributed by atoms with Gasteiger partial charge in [-0.3, -0.25) is 4.79 Å². The van der Waals surface area contributed by atoms with Gasteiger partial charge in [0.15, 0.2) is 0 Å². The van der Waals surface area contributed by atoms with Gasteiger partial charge in [-0.05, 0) is 17.7 Å². The molecule has 3 aromatic carbocycles. The molecule has 0 spiro atoms. The third kappa shape index (κ3) is 5.87. The summed E-state index contributed by atoms with van der Waals surface area (Å²) in [6, 6.07) is 24.5. The second-order valence-electron chi connectivity index (χ2n) is 3.95. The molecule has 0 bridgehead atoms. The molecule has 4 heteroatoms. The molecule has 0 aliphatic rings. The summed E-state index contributed by atoms with van der Waals surface area (Å²) >= 11 is 2.11. The maximum atomic E-state index is 11.7. The van der Waals surface area contributed by atoms with Crippen molar-refractivity contribution < 1.29 is 26.6 Å². The minimum Gasteiger partial charge on any atom is -0.748 e. The van der Waals surface area contributed by atoms with Crippen LogP contribution < -0.4 is 4.74 Å². The normalized spacial score (nSPS) is 9.00. The molecule has 0 heterocycles. The van der Waals surface area contributed by atoms with Crippen LogP contribution in [0.5, 0.6) is 5.75 Å². The molecule has 0 aromatic heterocycles. The predicted molar refractivity (Wildman–Crippen MR) is 88.2 cm³/mol. The van der Waals surface area contributed by atoms with Gasteiger partial charge in [0, 0.05) is 17.1 Å². The first-order valence-electron chi connectivity index (χ1n) is 6.12. The molecule has 114 valence electrons. The zero-order valence-corrected chi connectivity index (χ0v) is 14.3. The zero-order chi connectivity index (χ0) is 14.2. The third-order valence-corrected chi connectivity index (χ3v) is 3.43. The van der Waals surface area contributed by atoms with E-state index >= 15 is 0 Å². The predicted octanol–water partition coefficient (Wildman–Crippen LogP) is 4.63. The smallest absolute Gasteiger partial charge is 0.287 e. The van der Waals surface area contributed by atoms with Crippen LogP contribution in [0.25, 0.3) is 0 Å². The van der Waals surface area contributed by atoms with Crippen LogP contribution in [0.15, 0.2) is 78.9 Å². The van der Waals surface area contributed by atoms with E-state index in [4.69, 9.17) is 4.74 Å². The summed E-state index contributed by atoms with van der Waals surface area (Å²) in [4.78, 5) is 11.7. The van der Waals surface area contributed by atoms with Crippen molar-refractivity contribution >= 4 is 28.6 Å². The van der Waals surface area contributed by atoms with Gasteiger partial charge in [-0.15, -0.1) is 0 Å². The average Bonchev–Trinajstić information content (AvgIpc) is 3.13. The second-order valence-corrected chi connectivity index (χ2v) is 5.11. The Morgan fingerprint density at radius 3 is 2.00 bits per heavy atom. The van der Waals surface area contributed by atoms with Crippen molar-refractivity contribution in [3.8, 4) is 5.75 Å². The van der Waals surface area contributed by atoms with Gasteiger partial charge in [0.25, 0.3) is 5.97 Å². The van der Waals surface area contributed by atoms with Crippen molar-refractivity contribution in [3.05, 3.63) is 88.0 Å². The summed E-state index contributed by atoms with van der Waals surface area (Å²) in [5.74, 6) is 0.259. The van der Waals surface area contributed by atoms with Crippen molar-refractivity contribution in [2.45, 2.75) is 0 Å². The molecule has 3 aromatic rings. The first kappa shape index (κ1) is 17.7. The number of esters is 1. The van der Waals surface area contributed by atoms with Gasteiger partial charge in [-0.1, -0.05) is 44.4 Å². The molecule has 0 aliphatic carbocycles. The van der Waals surface area contributed by atoms with Crippen molar-refractivity contribution in [2.75, 3.05) is 0 Å². The van der Waals surface area contributed by atoms with Gasteiger partial charge in [-0.25, -0.2) is 6.07 Å². The van der Waals surface area contributed by atoms with Gasteiger partial charge in [0.1, 0.15) is 5.75 Å². The van der Waals surface area contributed by atoms with Gasteiger partial charge >= 0.3 is 0 Å². The van der Waals surface area contributed by atoms with E-state index in [1.165, 1.54) is 0 Å². The number of para-hydroxylation sites is 1. The number of ether oxygens (including phenoxy) is 1. The summed E-state index contributed by atoms with van der Waals surface area (Å²) in [5.41, 5.74) is 0.611. The van der Waals surface area contributed by atoms with E-state index in [1.807, 2.05) is 60.7 Å². The van der Waals surface area contributed by atoms with Crippen molar-refractivity contribution in [3.63, 3.8) is 0 Å². The molecule has 0 aliphatic heterocycles. The first-order valence-corrected chi connectivity index (χ1v) is 7.20. The number of carbonyl (C=O) groups is 1. The fraction of sp³-hybridized carbons (Fsp3) is 0. The summed E-state index contributed by atoms with van der Waals surface area (Å²) in [6.07, 6.45) is 0. The van der Waals surface area contributed by atoms with E-state index in [2.05, 4.69) is 22.6 Å². The summed E-state index contributed by atoms with van der Waals surface area (Å²) in [5, 5.41) is 0. The Kier molecular flexibility index (Phi) is 8.05. The van der Waals surface area contributed by atoms with E-state index in [1.54, 1.807) is 18.2 Å². The molecule has 0 radical (unpaired) electrons. The van der Waals surface area contributed by atoms with Crippen LogP contribution in [0.1, 0.15) is 10.4 Å². The molecular formula is C17H13FeIO2-6. The average molecular weight is 432 g/mol. The summed E-state index contributed by atoms with van der Waals surface area (Å²) in [7, 11) is 0. The van der Waals surface area contributed by atoms with Crippen LogP contribution in [0.2, 0.25) is 0 Å². The SMILES string of the molecule is O=C(Oc1ccccc1)[c-]1cccc1I.[Fe].[cH-]1[cH-][cH-][cH-][cH-]1. The largest absolute Gasteiger partial charge is 0.748 e. The Morgan fingerprint density at radius 2 is 1.52 bits per heavy atom. The van der Waals surface area contributed by atoms with E-state index < -0.39 is 0 Å². The molecule has 0 saturated heterocycles. The van der Waals surface area contributed by atoms with Crippen molar-refractivity contribution in [2.24, 2.45) is 0 Å². The van der Waals surface area contributed by atoms with E-state index in [-0.39, 0.29) is 23.0 Å². The van der Waals surface area contributed by atoms with Gasteiger partial charge < -0.3 is 35.1 Å². The fourth-order valence-electron chi connectivity index (χ4n) is 1.54. The Balaban J connectivity index is 0.000000313. The van der Waals surface area contributed by atoms with Crippen LogP contribution in [0, 0.1) is 3.57 Å². The Hall–Kier alpha value is -1.36. The number of carbonyl (C=O) groups excluding carboxylic acids is 1. The molecule has 0 unspecified atom stereocenters. The molecule has 0 N–H and O–H groups in total. The standard InChI is InChI=1S/C12H8IO2.C5H5.Fe/c13-11-8-4-7-10(11)12(14)15-9-5-2-1-3-6-9;1-2-4-5-3-1;/h1-8H;1-5H;/q-1;-5;. The maximum absolute atomic E-state index is 11.7. The van der Waals surface area contributed by atoms with Gasteiger partial charge in [0.2, 0.25) is 0 Å². The van der Waals surface area contributed by atoms with E-state index in [9.17, 15) is 4.79 Å². The molecule has 0 fully saturated rings.